The van der Waals surface area contributed by atoms with Crippen molar-refractivity contribution in [2.45, 2.75) is 32.6 Å². The Morgan fingerprint density at radius 3 is 2.75 bits per heavy atom. The molecule has 0 spiro atoms. The van der Waals surface area contributed by atoms with E-state index < -0.39 is 5.91 Å². The van der Waals surface area contributed by atoms with Crippen LogP contribution in [0.1, 0.15) is 32.6 Å². The summed E-state index contributed by atoms with van der Waals surface area (Å²) in [7, 11) is 0. The van der Waals surface area contributed by atoms with Crippen molar-refractivity contribution in [1.82, 2.24) is 5.48 Å². The number of carbonyl (C=O) groups excluding carboxylic acids is 1. The quantitative estimate of drug-likeness (QED) is 0.418. The van der Waals surface area contributed by atoms with E-state index in [1.807, 2.05) is 0 Å². The van der Waals surface area contributed by atoms with Crippen molar-refractivity contribution in [2.24, 2.45) is 5.73 Å². The molecule has 1 amide bonds. The fourth-order valence-corrected chi connectivity index (χ4v) is 0.818. The van der Waals surface area contributed by atoms with Crippen LogP contribution in [0.4, 0.5) is 0 Å². The molecule has 12 heavy (non-hydrogen) atoms. The molecule has 0 aliphatic carbocycles. The third-order valence-electron chi connectivity index (χ3n) is 1.45. The van der Waals surface area contributed by atoms with Gasteiger partial charge in [0.05, 0.1) is 0 Å². The summed E-state index contributed by atoms with van der Waals surface area (Å²) in [5, 5.41) is 0. The second-order valence-electron chi connectivity index (χ2n) is 2.71. The minimum atomic E-state index is -0.448. The van der Waals surface area contributed by atoms with Crippen LogP contribution in [0.2, 0.25) is 0 Å². The molecule has 0 fully saturated rings. The maximum Gasteiger partial charge on any atom is 0.245 e. The van der Waals surface area contributed by atoms with Crippen molar-refractivity contribution in [3.05, 3.63) is 0 Å². The van der Waals surface area contributed by atoms with Crippen LogP contribution in [0.3, 0.4) is 0 Å². The largest absolute Gasteiger partial charge is 0.368 e. The standard InChI is InChI=1S/C8H18N2O2/c1-2-3-4-5-6-10-12-7-8(9)11/h10H,2-7H2,1H3,(H2,9,11). The highest BCUT2D eigenvalue weighted by Gasteiger charge is 1.92. The van der Waals surface area contributed by atoms with Crippen molar-refractivity contribution in [3.63, 3.8) is 0 Å². The van der Waals surface area contributed by atoms with Crippen LogP contribution in [0.15, 0.2) is 0 Å². The molecule has 0 atom stereocenters. The normalized spacial score (nSPS) is 10.1. The minimum Gasteiger partial charge on any atom is -0.368 e. The van der Waals surface area contributed by atoms with E-state index in [9.17, 15) is 4.79 Å². The number of primary amides is 1. The molecule has 4 nitrogen and oxygen atoms in total. The summed E-state index contributed by atoms with van der Waals surface area (Å²) in [5.41, 5.74) is 7.53. The van der Waals surface area contributed by atoms with Crippen molar-refractivity contribution in [2.75, 3.05) is 13.2 Å². The second-order valence-corrected chi connectivity index (χ2v) is 2.71. The monoisotopic (exact) mass is 174 g/mol. The summed E-state index contributed by atoms with van der Waals surface area (Å²) < 4.78 is 0. The molecule has 0 rings (SSSR count). The maximum atomic E-state index is 10.2. The fourth-order valence-electron chi connectivity index (χ4n) is 0.818. The zero-order chi connectivity index (χ0) is 9.23. The lowest BCUT2D eigenvalue weighted by molar-refractivity contribution is -0.125. The van der Waals surface area contributed by atoms with Crippen LogP contribution in [0.25, 0.3) is 0 Å². The van der Waals surface area contributed by atoms with Crippen LogP contribution in [-0.2, 0) is 9.63 Å². The average Bonchev–Trinajstić information content (AvgIpc) is 2.02. The molecule has 0 saturated carbocycles. The van der Waals surface area contributed by atoms with Gasteiger partial charge in [-0.2, -0.15) is 0 Å². The third-order valence-corrected chi connectivity index (χ3v) is 1.45. The first-order chi connectivity index (χ1) is 5.77. The number of carbonyl (C=O) groups is 1. The smallest absolute Gasteiger partial charge is 0.245 e. The van der Waals surface area contributed by atoms with E-state index in [0.717, 1.165) is 13.0 Å². The summed E-state index contributed by atoms with van der Waals surface area (Å²) in [6.07, 6.45) is 4.75. The van der Waals surface area contributed by atoms with E-state index in [0.29, 0.717) is 0 Å². The molecule has 0 aliphatic heterocycles. The van der Waals surface area contributed by atoms with Gasteiger partial charge in [-0.3, -0.25) is 9.63 Å². The van der Waals surface area contributed by atoms with E-state index >= 15 is 0 Å². The van der Waals surface area contributed by atoms with Crippen molar-refractivity contribution in [1.29, 1.82) is 0 Å². The van der Waals surface area contributed by atoms with Gasteiger partial charge in [0.1, 0.15) is 6.61 Å². The summed E-state index contributed by atoms with van der Waals surface area (Å²) in [5.74, 6) is -0.448. The van der Waals surface area contributed by atoms with E-state index in [1.54, 1.807) is 0 Å². The average molecular weight is 174 g/mol. The summed E-state index contributed by atoms with van der Waals surface area (Å²) in [6, 6.07) is 0. The zero-order valence-electron chi connectivity index (χ0n) is 7.64. The summed E-state index contributed by atoms with van der Waals surface area (Å²) in [4.78, 5) is 14.9. The highest BCUT2D eigenvalue weighted by Crippen LogP contribution is 1.96. The number of nitrogens with one attached hydrogen (secondary N) is 1. The van der Waals surface area contributed by atoms with Gasteiger partial charge in [0.15, 0.2) is 0 Å². The van der Waals surface area contributed by atoms with Gasteiger partial charge in [-0.1, -0.05) is 26.2 Å². The molecule has 0 heterocycles. The number of hydrogen-bond donors (Lipinski definition) is 2. The van der Waals surface area contributed by atoms with E-state index in [1.165, 1.54) is 19.3 Å². The van der Waals surface area contributed by atoms with Crippen LogP contribution >= 0.6 is 0 Å². The molecular weight excluding hydrogens is 156 g/mol. The fraction of sp³-hybridized carbons (Fsp3) is 0.875. The maximum absolute atomic E-state index is 10.2. The van der Waals surface area contributed by atoms with Gasteiger partial charge in [-0.05, 0) is 6.42 Å². The van der Waals surface area contributed by atoms with Crippen LogP contribution < -0.4 is 11.2 Å². The van der Waals surface area contributed by atoms with Gasteiger partial charge in [-0.25, -0.2) is 5.48 Å². The van der Waals surface area contributed by atoms with E-state index in [2.05, 4.69) is 12.4 Å². The predicted molar refractivity (Wildman–Crippen MR) is 47.3 cm³/mol. The molecule has 0 bridgehead atoms. The molecule has 0 aromatic carbocycles. The number of unbranched alkanes of at least 4 members (excludes halogenated alkanes) is 3. The highest BCUT2D eigenvalue weighted by atomic mass is 16.6. The molecule has 0 radical (unpaired) electrons. The van der Waals surface area contributed by atoms with Crippen molar-refractivity contribution < 1.29 is 9.63 Å². The molecule has 0 aromatic heterocycles. The Morgan fingerprint density at radius 2 is 2.17 bits per heavy atom. The van der Waals surface area contributed by atoms with Gasteiger partial charge in [0.25, 0.3) is 0 Å². The lowest BCUT2D eigenvalue weighted by Gasteiger charge is -2.02. The van der Waals surface area contributed by atoms with Crippen molar-refractivity contribution >= 4 is 5.91 Å². The van der Waals surface area contributed by atoms with E-state index in [-0.39, 0.29) is 6.61 Å². The topological polar surface area (TPSA) is 64.3 Å². The molecular formula is C8H18N2O2. The molecule has 3 N–H and O–H groups in total. The van der Waals surface area contributed by atoms with Gasteiger partial charge < -0.3 is 5.73 Å². The van der Waals surface area contributed by atoms with Crippen LogP contribution in [-0.4, -0.2) is 19.1 Å². The first kappa shape index (κ1) is 11.4. The predicted octanol–water partition coefficient (Wildman–Crippen LogP) is 0.573. The lowest BCUT2D eigenvalue weighted by atomic mass is 10.2. The Labute approximate surface area is 73.4 Å². The Morgan fingerprint density at radius 1 is 1.42 bits per heavy atom. The third kappa shape index (κ3) is 9.39. The first-order valence-electron chi connectivity index (χ1n) is 4.40. The number of hydrogen-bond acceptors (Lipinski definition) is 3. The van der Waals surface area contributed by atoms with E-state index in [4.69, 9.17) is 10.6 Å². The van der Waals surface area contributed by atoms with Crippen LogP contribution in [0, 0.1) is 0 Å². The Hall–Kier alpha value is -0.610. The molecule has 0 unspecified atom stereocenters. The van der Waals surface area contributed by atoms with Crippen LogP contribution in [0.5, 0.6) is 0 Å². The summed E-state index contributed by atoms with van der Waals surface area (Å²) >= 11 is 0. The summed E-state index contributed by atoms with van der Waals surface area (Å²) in [6.45, 7) is 2.90. The Bertz CT molecular complexity index is 118. The van der Waals surface area contributed by atoms with Gasteiger partial charge in [-0.15, -0.1) is 0 Å². The molecule has 4 heteroatoms. The molecule has 0 aliphatic rings. The van der Waals surface area contributed by atoms with Crippen molar-refractivity contribution in [3.8, 4) is 0 Å². The van der Waals surface area contributed by atoms with Gasteiger partial charge in [0, 0.05) is 6.54 Å². The number of nitrogens with two attached hydrogens (primary N) is 1. The highest BCUT2D eigenvalue weighted by molar-refractivity contribution is 5.74. The lowest BCUT2D eigenvalue weighted by Crippen LogP contribution is -2.25. The molecule has 0 aromatic rings. The van der Waals surface area contributed by atoms with Gasteiger partial charge in [0.2, 0.25) is 5.91 Å². The minimum absolute atomic E-state index is 0.0478. The Kier molecular flexibility index (Phi) is 8.05. The molecule has 72 valence electrons. The number of amides is 1. The Balaban J connectivity index is 2.86. The van der Waals surface area contributed by atoms with Gasteiger partial charge >= 0.3 is 0 Å². The molecule has 0 saturated heterocycles. The number of rotatable bonds is 8. The number of hydroxylamine groups is 1. The second kappa shape index (κ2) is 8.49. The first-order valence-corrected chi connectivity index (χ1v) is 4.40. The zero-order valence-corrected chi connectivity index (χ0v) is 7.64. The SMILES string of the molecule is CCCCCCNOCC(N)=O.